The lowest BCUT2D eigenvalue weighted by Gasteiger charge is -2.21. The molecular formula is C12H19N3O4S. The number of carboxylic acid groups (broad SMARTS) is 1. The lowest BCUT2D eigenvalue weighted by Crippen LogP contribution is -2.37. The zero-order valence-corrected chi connectivity index (χ0v) is 12.4. The normalized spacial score (nSPS) is 11.6. The van der Waals surface area contributed by atoms with Crippen molar-refractivity contribution in [1.82, 2.24) is 9.29 Å². The van der Waals surface area contributed by atoms with Gasteiger partial charge in [0.15, 0.2) is 0 Å². The molecule has 0 radical (unpaired) electrons. The number of rotatable bonds is 8. The second kappa shape index (κ2) is 7.20. The van der Waals surface area contributed by atoms with E-state index in [1.54, 1.807) is 0 Å². The number of nitrogens with zero attached hydrogens (tertiary/aromatic N) is 2. The smallest absolute Gasteiger partial charge is 0.337 e. The van der Waals surface area contributed by atoms with Crippen LogP contribution in [0, 0.1) is 0 Å². The van der Waals surface area contributed by atoms with Crippen LogP contribution < -0.4 is 4.72 Å². The fraction of sp³-hybridized carbons (Fsp3) is 0.500. The first-order valence-electron chi connectivity index (χ1n) is 6.38. The zero-order valence-electron chi connectivity index (χ0n) is 11.5. The molecule has 2 N–H and O–H groups in total. The summed E-state index contributed by atoms with van der Waals surface area (Å²) in [4.78, 5) is 14.5. The van der Waals surface area contributed by atoms with Crippen LogP contribution in [0.1, 0.15) is 37.0 Å². The van der Waals surface area contributed by atoms with Crippen LogP contribution in [0.25, 0.3) is 0 Å². The quantitative estimate of drug-likeness (QED) is 0.759. The van der Waals surface area contributed by atoms with Crippen LogP contribution in [-0.4, -0.2) is 41.9 Å². The highest BCUT2D eigenvalue weighted by Gasteiger charge is 2.20. The van der Waals surface area contributed by atoms with Crippen molar-refractivity contribution in [2.24, 2.45) is 0 Å². The highest BCUT2D eigenvalue weighted by atomic mass is 32.2. The van der Waals surface area contributed by atoms with Crippen molar-refractivity contribution < 1.29 is 18.3 Å². The number of anilines is 1. The third kappa shape index (κ3) is 4.46. The van der Waals surface area contributed by atoms with E-state index in [0.717, 1.165) is 6.20 Å². The summed E-state index contributed by atoms with van der Waals surface area (Å²) in [6, 6.07) is 2.63. The second-order valence-electron chi connectivity index (χ2n) is 4.24. The van der Waals surface area contributed by atoms with Crippen LogP contribution in [0.5, 0.6) is 0 Å². The summed E-state index contributed by atoms with van der Waals surface area (Å²) in [5.41, 5.74) is 0.00641. The first kappa shape index (κ1) is 16.4. The second-order valence-corrected chi connectivity index (χ2v) is 5.91. The first-order chi connectivity index (χ1) is 9.40. The molecule has 1 rings (SSSR count). The van der Waals surface area contributed by atoms with Gasteiger partial charge in [0, 0.05) is 19.3 Å². The fourth-order valence-corrected chi connectivity index (χ4v) is 2.99. The maximum absolute atomic E-state index is 12.2. The number of hydrogen-bond donors (Lipinski definition) is 2. The number of carboxylic acids is 1. The third-order valence-electron chi connectivity index (χ3n) is 2.53. The molecule has 0 bridgehead atoms. The molecule has 0 atom stereocenters. The Kier molecular flexibility index (Phi) is 5.90. The van der Waals surface area contributed by atoms with Crippen molar-refractivity contribution in [2.75, 3.05) is 17.8 Å². The Morgan fingerprint density at radius 3 is 2.30 bits per heavy atom. The van der Waals surface area contributed by atoms with E-state index < -0.39 is 16.2 Å². The van der Waals surface area contributed by atoms with Gasteiger partial charge in [-0.1, -0.05) is 13.8 Å². The van der Waals surface area contributed by atoms with Gasteiger partial charge in [0.05, 0.1) is 5.56 Å². The predicted octanol–water partition coefficient (Wildman–Crippen LogP) is 1.56. The van der Waals surface area contributed by atoms with Gasteiger partial charge in [-0.25, -0.2) is 9.78 Å². The lowest BCUT2D eigenvalue weighted by molar-refractivity contribution is 0.0696. The molecule has 0 spiro atoms. The van der Waals surface area contributed by atoms with Crippen LogP contribution in [0.15, 0.2) is 18.3 Å². The molecule has 20 heavy (non-hydrogen) atoms. The van der Waals surface area contributed by atoms with Crippen molar-refractivity contribution in [3.05, 3.63) is 23.9 Å². The van der Waals surface area contributed by atoms with Gasteiger partial charge in [-0.2, -0.15) is 12.7 Å². The van der Waals surface area contributed by atoms with Crippen molar-refractivity contribution in [2.45, 2.75) is 26.7 Å². The van der Waals surface area contributed by atoms with Gasteiger partial charge in [-0.05, 0) is 25.0 Å². The average molecular weight is 301 g/mol. The van der Waals surface area contributed by atoms with Crippen LogP contribution in [0.2, 0.25) is 0 Å². The molecule has 1 aromatic rings. The molecule has 0 aliphatic carbocycles. The van der Waals surface area contributed by atoms with E-state index in [0.29, 0.717) is 25.9 Å². The van der Waals surface area contributed by atoms with Gasteiger partial charge < -0.3 is 5.11 Å². The summed E-state index contributed by atoms with van der Waals surface area (Å²) in [7, 11) is -3.66. The van der Waals surface area contributed by atoms with Crippen LogP contribution >= 0.6 is 0 Å². The molecule has 0 saturated heterocycles. The zero-order chi connectivity index (χ0) is 15.2. The molecule has 1 heterocycles. The summed E-state index contributed by atoms with van der Waals surface area (Å²) in [5, 5.41) is 8.75. The Morgan fingerprint density at radius 2 is 1.90 bits per heavy atom. The lowest BCUT2D eigenvalue weighted by atomic mass is 10.3. The van der Waals surface area contributed by atoms with Crippen LogP contribution in [-0.2, 0) is 10.2 Å². The van der Waals surface area contributed by atoms with E-state index in [9.17, 15) is 13.2 Å². The summed E-state index contributed by atoms with van der Waals surface area (Å²) >= 11 is 0. The van der Waals surface area contributed by atoms with Crippen LogP contribution in [0.4, 0.5) is 5.82 Å². The van der Waals surface area contributed by atoms with Crippen molar-refractivity contribution in [3.8, 4) is 0 Å². The maximum atomic E-state index is 12.2. The van der Waals surface area contributed by atoms with E-state index in [2.05, 4.69) is 9.71 Å². The molecular weight excluding hydrogens is 282 g/mol. The van der Waals surface area contributed by atoms with E-state index >= 15 is 0 Å². The largest absolute Gasteiger partial charge is 0.478 e. The number of hydrogen-bond acceptors (Lipinski definition) is 4. The van der Waals surface area contributed by atoms with Gasteiger partial charge in [0.2, 0.25) is 0 Å². The average Bonchev–Trinajstić information content (AvgIpc) is 2.38. The SMILES string of the molecule is CCCN(CCC)S(=O)(=O)Nc1ccc(C(=O)O)cn1. The van der Waals surface area contributed by atoms with Crippen molar-refractivity contribution in [1.29, 1.82) is 0 Å². The van der Waals surface area contributed by atoms with E-state index in [4.69, 9.17) is 5.11 Å². The van der Waals surface area contributed by atoms with E-state index in [1.807, 2.05) is 13.8 Å². The highest BCUT2D eigenvalue weighted by molar-refractivity contribution is 7.90. The fourth-order valence-electron chi connectivity index (χ4n) is 1.63. The molecule has 0 aliphatic heterocycles. The Hall–Kier alpha value is -1.67. The Balaban J connectivity index is 2.86. The van der Waals surface area contributed by atoms with Gasteiger partial charge in [-0.3, -0.25) is 4.72 Å². The number of aromatic nitrogens is 1. The number of aromatic carboxylic acids is 1. The molecule has 1 aromatic heterocycles. The molecule has 8 heteroatoms. The third-order valence-corrected chi connectivity index (χ3v) is 4.04. The molecule has 0 unspecified atom stereocenters. The van der Waals surface area contributed by atoms with Crippen LogP contribution in [0.3, 0.4) is 0 Å². The molecule has 0 fully saturated rings. The summed E-state index contributed by atoms with van der Waals surface area (Å²) in [5.74, 6) is -1.00. The van der Waals surface area contributed by atoms with Gasteiger partial charge in [-0.15, -0.1) is 0 Å². The predicted molar refractivity (Wildman–Crippen MR) is 75.9 cm³/mol. The van der Waals surface area contributed by atoms with E-state index in [1.165, 1.54) is 16.4 Å². The monoisotopic (exact) mass is 301 g/mol. The van der Waals surface area contributed by atoms with Gasteiger partial charge in [0.25, 0.3) is 0 Å². The minimum absolute atomic E-state index is 0.00641. The highest BCUT2D eigenvalue weighted by Crippen LogP contribution is 2.11. The molecule has 7 nitrogen and oxygen atoms in total. The number of nitrogens with one attached hydrogen (secondary N) is 1. The Labute approximate surface area is 118 Å². The van der Waals surface area contributed by atoms with Crippen molar-refractivity contribution >= 4 is 22.0 Å². The van der Waals surface area contributed by atoms with Gasteiger partial charge in [0.1, 0.15) is 5.82 Å². The minimum Gasteiger partial charge on any atom is -0.478 e. The standard InChI is InChI=1S/C12H19N3O4S/c1-3-7-15(8-4-2)20(18,19)14-11-6-5-10(9-13-11)12(16)17/h5-6,9H,3-4,7-8H2,1-2H3,(H,13,14)(H,16,17). The summed E-state index contributed by atoms with van der Waals surface area (Å²) in [6.45, 7) is 4.66. The first-order valence-corrected chi connectivity index (χ1v) is 7.82. The minimum atomic E-state index is -3.66. The molecule has 112 valence electrons. The summed E-state index contributed by atoms with van der Waals surface area (Å²) in [6.07, 6.45) is 2.54. The summed E-state index contributed by atoms with van der Waals surface area (Å²) < 4.78 is 28.0. The molecule has 0 aliphatic rings. The topological polar surface area (TPSA) is 99.6 Å². The Bertz CT molecular complexity index is 536. The van der Waals surface area contributed by atoms with E-state index in [-0.39, 0.29) is 11.4 Å². The maximum Gasteiger partial charge on any atom is 0.337 e. The molecule has 0 aromatic carbocycles. The Morgan fingerprint density at radius 1 is 1.30 bits per heavy atom. The van der Waals surface area contributed by atoms with Gasteiger partial charge >= 0.3 is 16.2 Å². The number of pyridine rings is 1. The van der Waals surface area contributed by atoms with Crippen molar-refractivity contribution in [3.63, 3.8) is 0 Å². The molecule has 0 saturated carbocycles. The number of carbonyl (C=O) groups is 1. The molecule has 0 amide bonds.